The van der Waals surface area contributed by atoms with Crippen LogP contribution in [0.4, 0.5) is 5.69 Å². The lowest BCUT2D eigenvalue weighted by molar-refractivity contribution is 0.0601. The molecule has 3 rings (SSSR count). The van der Waals surface area contributed by atoms with Crippen molar-refractivity contribution in [3.63, 3.8) is 0 Å². The van der Waals surface area contributed by atoms with Gasteiger partial charge in [-0.15, -0.1) is 0 Å². The molecule has 1 atom stereocenters. The molecule has 1 heterocycles. The highest BCUT2D eigenvalue weighted by Gasteiger charge is 2.19. The first-order valence-corrected chi connectivity index (χ1v) is 11.1. The number of carbonyl (C=O) groups is 1. The van der Waals surface area contributed by atoms with Gasteiger partial charge in [-0.2, -0.15) is 0 Å². The molecule has 0 spiro atoms. The Hall–Kier alpha value is -3.14. The zero-order valence-electron chi connectivity index (χ0n) is 20.0. The van der Waals surface area contributed by atoms with Gasteiger partial charge in [0.25, 0.3) is 0 Å². The van der Waals surface area contributed by atoms with Gasteiger partial charge in [0.15, 0.2) is 0 Å². The second-order valence-corrected chi connectivity index (χ2v) is 8.37. The summed E-state index contributed by atoms with van der Waals surface area (Å²) in [5.74, 6) is 1.04. The second-order valence-electron chi connectivity index (χ2n) is 8.37. The van der Waals surface area contributed by atoms with Crippen molar-refractivity contribution in [2.45, 2.75) is 47.0 Å². The van der Waals surface area contributed by atoms with E-state index in [0.717, 1.165) is 42.0 Å². The summed E-state index contributed by atoms with van der Waals surface area (Å²) in [5.41, 5.74) is 8.50. The number of fused-ring (bicyclic) bond motifs is 1. The van der Waals surface area contributed by atoms with Crippen molar-refractivity contribution in [1.29, 1.82) is 0 Å². The lowest BCUT2D eigenvalue weighted by Crippen LogP contribution is -2.00. The van der Waals surface area contributed by atoms with Crippen molar-refractivity contribution in [3.05, 3.63) is 81.7 Å². The minimum Gasteiger partial charge on any atom is -0.496 e. The highest BCUT2D eigenvalue weighted by atomic mass is 16.5. The summed E-state index contributed by atoms with van der Waals surface area (Å²) in [6.07, 6.45) is 13.4. The minimum absolute atomic E-state index is 0.349. The molecule has 0 saturated heterocycles. The first-order valence-electron chi connectivity index (χ1n) is 11.1. The van der Waals surface area contributed by atoms with E-state index in [1.165, 1.54) is 29.4 Å². The predicted molar refractivity (Wildman–Crippen MR) is 132 cm³/mol. The molecule has 4 nitrogen and oxygen atoms in total. The maximum absolute atomic E-state index is 11.9. The van der Waals surface area contributed by atoms with Gasteiger partial charge in [0.2, 0.25) is 0 Å². The van der Waals surface area contributed by atoms with E-state index < -0.39 is 0 Å². The van der Waals surface area contributed by atoms with Gasteiger partial charge >= 0.3 is 5.97 Å². The van der Waals surface area contributed by atoms with Gasteiger partial charge in [0.1, 0.15) is 5.76 Å². The Kier molecular flexibility index (Phi) is 7.68. The van der Waals surface area contributed by atoms with Crippen molar-refractivity contribution in [2.75, 3.05) is 14.2 Å². The zero-order valence-corrected chi connectivity index (χ0v) is 20.0. The van der Waals surface area contributed by atoms with E-state index in [9.17, 15) is 4.79 Å². The third-order valence-electron chi connectivity index (χ3n) is 6.23. The quantitative estimate of drug-likeness (QED) is 0.450. The Balaban J connectivity index is 1.77. The summed E-state index contributed by atoms with van der Waals surface area (Å²) in [5, 5.41) is 0. The molecule has 1 unspecified atom stereocenters. The van der Waals surface area contributed by atoms with E-state index in [-0.39, 0.29) is 5.97 Å². The van der Waals surface area contributed by atoms with Crippen LogP contribution in [0.3, 0.4) is 0 Å². The second kappa shape index (κ2) is 10.4. The molecule has 1 aliphatic carbocycles. The average Bonchev–Trinajstić information content (AvgIpc) is 3.02. The summed E-state index contributed by atoms with van der Waals surface area (Å²) in [7, 11) is 3.14. The number of methoxy groups -OCH3 is 2. The fraction of sp³-hybridized carbons (Fsp3) is 0.357. The maximum Gasteiger partial charge on any atom is 0.337 e. The van der Waals surface area contributed by atoms with Gasteiger partial charge in [-0.05, 0) is 80.0 Å². The number of aliphatic imine (C=N–C) groups is 1. The van der Waals surface area contributed by atoms with E-state index in [0.29, 0.717) is 11.5 Å². The lowest BCUT2D eigenvalue weighted by Gasteiger charge is -2.15. The topological polar surface area (TPSA) is 47.9 Å². The number of carbonyl (C=O) groups excluding carboxylic acids is 1. The van der Waals surface area contributed by atoms with Gasteiger partial charge in [-0.25, -0.2) is 4.79 Å². The Labute approximate surface area is 191 Å². The molecule has 0 N–H and O–H groups in total. The van der Waals surface area contributed by atoms with Crippen LogP contribution < -0.4 is 0 Å². The number of benzene rings is 1. The minimum atomic E-state index is -0.349. The molecule has 0 radical (unpaired) electrons. The smallest absolute Gasteiger partial charge is 0.337 e. The van der Waals surface area contributed by atoms with Crippen LogP contribution >= 0.6 is 0 Å². The first-order chi connectivity index (χ1) is 15.3. The van der Waals surface area contributed by atoms with E-state index in [1.54, 1.807) is 19.2 Å². The molecule has 4 heteroatoms. The third kappa shape index (κ3) is 5.18. The molecular formula is C28H33NO3. The molecule has 0 bridgehead atoms. The molecule has 32 heavy (non-hydrogen) atoms. The molecule has 0 aromatic heterocycles. The van der Waals surface area contributed by atoms with Crippen LogP contribution in [-0.2, 0) is 9.47 Å². The molecular weight excluding hydrogens is 398 g/mol. The number of allylic oxidation sites excluding steroid dienone is 8. The summed E-state index contributed by atoms with van der Waals surface area (Å²) in [6.45, 7) is 8.75. The van der Waals surface area contributed by atoms with E-state index in [4.69, 9.17) is 14.5 Å². The Morgan fingerprint density at radius 2 is 2.00 bits per heavy atom. The van der Waals surface area contributed by atoms with Crippen LogP contribution in [0.2, 0.25) is 0 Å². The molecule has 1 aromatic carbocycles. The molecule has 0 saturated carbocycles. The number of hydrogen-bond acceptors (Lipinski definition) is 4. The third-order valence-corrected chi connectivity index (χ3v) is 6.23. The molecule has 0 fully saturated rings. The van der Waals surface area contributed by atoms with Gasteiger partial charge in [-0.3, -0.25) is 4.99 Å². The molecule has 1 aliphatic heterocycles. The van der Waals surface area contributed by atoms with Crippen molar-refractivity contribution in [1.82, 2.24) is 0 Å². The number of hydrogen-bond donors (Lipinski definition) is 0. The Morgan fingerprint density at radius 1 is 1.22 bits per heavy atom. The molecule has 0 amide bonds. The van der Waals surface area contributed by atoms with Gasteiger partial charge in [0, 0.05) is 12.1 Å². The van der Waals surface area contributed by atoms with Gasteiger partial charge in [-0.1, -0.05) is 42.9 Å². The zero-order chi connectivity index (χ0) is 23.3. The van der Waals surface area contributed by atoms with Crippen LogP contribution in [-0.4, -0.2) is 25.9 Å². The van der Waals surface area contributed by atoms with Crippen LogP contribution in [0.5, 0.6) is 0 Å². The van der Waals surface area contributed by atoms with Crippen LogP contribution in [0.25, 0.3) is 6.08 Å². The van der Waals surface area contributed by atoms with Crippen molar-refractivity contribution < 1.29 is 14.3 Å². The summed E-state index contributed by atoms with van der Waals surface area (Å²) < 4.78 is 10.5. The van der Waals surface area contributed by atoms with Crippen LogP contribution in [0.15, 0.2) is 75.5 Å². The fourth-order valence-electron chi connectivity index (χ4n) is 4.36. The lowest BCUT2D eigenvalue weighted by atomic mass is 9.91. The number of nitrogens with zero attached hydrogens (tertiary/aromatic N) is 1. The normalized spacial score (nSPS) is 18.8. The largest absolute Gasteiger partial charge is 0.496 e. The molecule has 2 aliphatic rings. The van der Waals surface area contributed by atoms with Crippen LogP contribution in [0.1, 0.15) is 62.9 Å². The Bertz CT molecular complexity index is 1080. The molecule has 168 valence electrons. The standard InChI is InChI=1S/C28H33NO3/c1-18-16-19(2)27(31-5)21(4)25(20(18)3)13-8-7-11-24-12-9-10-22-14-15-23(28(30)32-6)17-26(22)29-24/h7,9-11,14-18H,8,12-13H2,1-6H3/b11-7+. The average molecular weight is 432 g/mol. The first kappa shape index (κ1) is 23.5. The predicted octanol–water partition coefficient (Wildman–Crippen LogP) is 7.13. The van der Waals surface area contributed by atoms with Crippen molar-refractivity contribution in [3.8, 4) is 0 Å². The summed E-state index contributed by atoms with van der Waals surface area (Å²) in [6, 6.07) is 5.48. The fourth-order valence-corrected chi connectivity index (χ4v) is 4.36. The highest BCUT2D eigenvalue weighted by molar-refractivity contribution is 6.00. The van der Waals surface area contributed by atoms with Crippen LogP contribution in [0, 0.1) is 5.92 Å². The Morgan fingerprint density at radius 3 is 2.72 bits per heavy atom. The van der Waals surface area contributed by atoms with Gasteiger partial charge in [0.05, 0.1) is 25.5 Å². The summed E-state index contributed by atoms with van der Waals surface area (Å²) in [4.78, 5) is 16.7. The maximum atomic E-state index is 11.9. The highest BCUT2D eigenvalue weighted by Crippen LogP contribution is 2.34. The van der Waals surface area contributed by atoms with E-state index in [1.807, 2.05) is 6.07 Å². The SMILES string of the molecule is COC(=O)c1ccc2c(c1)N=C(/C=C/CCC1=C(C)C(C)C=C(C)C(OC)=C1C)CC=C2. The van der Waals surface area contributed by atoms with E-state index in [2.05, 4.69) is 58.1 Å². The van der Waals surface area contributed by atoms with E-state index >= 15 is 0 Å². The monoisotopic (exact) mass is 431 g/mol. The van der Waals surface area contributed by atoms with Crippen molar-refractivity contribution >= 4 is 23.4 Å². The number of esters is 1. The molecule has 1 aromatic rings. The number of rotatable bonds is 6. The summed E-state index contributed by atoms with van der Waals surface area (Å²) >= 11 is 0. The number of ether oxygens (including phenoxy) is 2. The van der Waals surface area contributed by atoms with Crippen molar-refractivity contribution in [2.24, 2.45) is 10.9 Å². The van der Waals surface area contributed by atoms with Gasteiger partial charge < -0.3 is 9.47 Å².